The van der Waals surface area contributed by atoms with Crippen LogP contribution in [0.2, 0.25) is 0 Å². The lowest BCUT2D eigenvalue weighted by Gasteiger charge is -2.11. The zero-order chi connectivity index (χ0) is 19.1. The summed E-state index contributed by atoms with van der Waals surface area (Å²) in [5.41, 5.74) is 5.52. The molecule has 6 heteroatoms. The Labute approximate surface area is 161 Å². The van der Waals surface area contributed by atoms with Crippen molar-refractivity contribution in [2.75, 3.05) is 5.32 Å². The molecule has 5 aromatic rings. The molecule has 1 N–H and O–H groups in total. The van der Waals surface area contributed by atoms with Gasteiger partial charge in [0.2, 0.25) is 0 Å². The van der Waals surface area contributed by atoms with Gasteiger partial charge in [-0.25, -0.2) is 19.9 Å². The molecule has 0 saturated carbocycles. The number of nitrogens with one attached hydrogen (secondary N) is 1. The Hall–Kier alpha value is -3.80. The van der Waals surface area contributed by atoms with Crippen LogP contribution in [0.4, 0.5) is 11.5 Å². The molecule has 6 nitrogen and oxygen atoms in total. The minimum absolute atomic E-state index is 0.601. The molecular formula is C22H18N6. The molecule has 3 aromatic heterocycles. The molecule has 0 aliphatic rings. The van der Waals surface area contributed by atoms with Crippen LogP contribution in [0.3, 0.4) is 0 Å². The molecule has 0 radical (unpaired) electrons. The Morgan fingerprint density at radius 3 is 2.64 bits per heavy atom. The van der Waals surface area contributed by atoms with E-state index in [1.54, 1.807) is 0 Å². The maximum Gasteiger partial charge on any atom is 0.180 e. The monoisotopic (exact) mass is 366 g/mol. The molecule has 0 saturated heterocycles. The summed E-state index contributed by atoms with van der Waals surface area (Å²) in [5.74, 6) is 1.35. The van der Waals surface area contributed by atoms with E-state index in [4.69, 9.17) is 9.97 Å². The third-order valence-corrected chi connectivity index (χ3v) is 4.71. The number of benzene rings is 2. The number of hydrogen-bond acceptors (Lipinski definition) is 5. The van der Waals surface area contributed by atoms with Crippen LogP contribution in [-0.2, 0) is 7.05 Å². The van der Waals surface area contributed by atoms with Gasteiger partial charge in [0.1, 0.15) is 11.5 Å². The van der Waals surface area contributed by atoms with Crippen molar-refractivity contribution in [2.24, 2.45) is 7.05 Å². The maximum atomic E-state index is 4.78. The summed E-state index contributed by atoms with van der Waals surface area (Å²) < 4.78 is 2.00. The molecule has 3 heterocycles. The standard InChI is InChI=1S/C22H18N6/c1-14-6-5-9-18(24-14)22-26-17-8-4-3-7-16(17)21(27-22)25-15-10-11-20-19(12-15)23-13-28(20)2/h3-13H,1-2H3,(H,25,26,27). The number of fused-ring (bicyclic) bond motifs is 2. The number of hydrogen-bond donors (Lipinski definition) is 1. The van der Waals surface area contributed by atoms with Crippen LogP contribution in [0.5, 0.6) is 0 Å². The lowest BCUT2D eigenvalue weighted by atomic mass is 10.2. The van der Waals surface area contributed by atoms with E-state index < -0.39 is 0 Å². The second-order valence-electron chi connectivity index (χ2n) is 6.76. The fourth-order valence-electron chi connectivity index (χ4n) is 3.30. The van der Waals surface area contributed by atoms with Gasteiger partial charge < -0.3 is 9.88 Å². The topological polar surface area (TPSA) is 68.5 Å². The van der Waals surface area contributed by atoms with Gasteiger partial charge in [-0.2, -0.15) is 0 Å². The molecule has 0 amide bonds. The van der Waals surface area contributed by atoms with Gasteiger partial charge in [-0.3, -0.25) is 0 Å². The normalized spacial score (nSPS) is 11.2. The van der Waals surface area contributed by atoms with E-state index >= 15 is 0 Å². The second-order valence-corrected chi connectivity index (χ2v) is 6.76. The first-order valence-corrected chi connectivity index (χ1v) is 9.06. The smallest absolute Gasteiger partial charge is 0.180 e. The zero-order valence-corrected chi connectivity index (χ0v) is 15.6. The van der Waals surface area contributed by atoms with Gasteiger partial charge in [-0.1, -0.05) is 18.2 Å². The van der Waals surface area contributed by atoms with E-state index in [1.165, 1.54) is 0 Å². The van der Waals surface area contributed by atoms with Crippen molar-refractivity contribution in [3.8, 4) is 11.5 Å². The van der Waals surface area contributed by atoms with Crippen molar-refractivity contribution in [1.29, 1.82) is 0 Å². The molecule has 5 rings (SSSR count). The van der Waals surface area contributed by atoms with E-state index in [-0.39, 0.29) is 0 Å². The number of imidazole rings is 1. The van der Waals surface area contributed by atoms with E-state index in [2.05, 4.69) is 21.4 Å². The minimum atomic E-state index is 0.601. The van der Waals surface area contributed by atoms with E-state index in [1.807, 2.05) is 79.5 Å². The molecule has 0 aliphatic carbocycles. The van der Waals surface area contributed by atoms with Crippen LogP contribution in [0.15, 0.2) is 67.0 Å². The fourth-order valence-corrected chi connectivity index (χ4v) is 3.30. The molecule has 0 bridgehead atoms. The largest absolute Gasteiger partial charge is 0.340 e. The molecule has 0 aliphatic heterocycles. The van der Waals surface area contributed by atoms with Gasteiger partial charge in [0.15, 0.2) is 5.82 Å². The Morgan fingerprint density at radius 1 is 0.857 bits per heavy atom. The quantitative estimate of drug-likeness (QED) is 0.504. The van der Waals surface area contributed by atoms with E-state index in [0.29, 0.717) is 5.82 Å². The Balaban J connectivity index is 1.64. The molecule has 0 unspecified atom stereocenters. The van der Waals surface area contributed by atoms with E-state index in [9.17, 15) is 0 Å². The lowest BCUT2D eigenvalue weighted by molar-refractivity contribution is 0.948. The van der Waals surface area contributed by atoms with Crippen molar-refractivity contribution in [3.05, 3.63) is 72.7 Å². The van der Waals surface area contributed by atoms with Crippen LogP contribution < -0.4 is 5.32 Å². The molecule has 0 spiro atoms. The summed E-state index contributed by atoms with van der Waals surface area (Å²) in [5, 5.41) is 4.40. The third-order valence-electron chi connectivity index (χ3n) is 4.71. The summed E-state index contributed by atoms with van der Waals surface area (Å²) in [7, 11) is 1.99. The molecule has 136 valence electrons. The summed E-state index contributed by atoms with van der Waals surface area (Å²) in [4.78, 5) is 18.5. The van der Waals surface area contributed by atoms with Gasteiger partial charge in [-0.05, 0) is 49.4 Å². The number of nitrogens with zero attached hydrogens (tertiary/aromatic N) is 5. The number of aryl methyl sites for hydroxylation is 2. The highest BCUT2D eigenvalue weighted by molar-refractivity contribution is 5.93. The summed E-state index contributed by atoms with van der Waals surface area (Å²) >= 11 is 0. The third kappa shape index (κ3) is 2.85. The first kappa shape index (κ1) is 16.4. The molecule has 0 atom stereocenters. The Bertz CT molecular complexity index is 1320. The van der Waals surface area contributed by atoms with Crippen LogP contribution >= 0.6 is 0 Å². The van der Waals surface area contributed by atoms with Crippen molar-refractivity contribution in [2.45, 2.75) is 6.92 Å². The summed E-state index contributed by atoms with van der Waals surface area (Å²) in [6, 6.07) is 20.0. The molecular weight excluding hydrogens is 348 g/mol. The van der Waals surface area contributed by atoms with Gasteiger partial charge in [0, 0.05) is 23.8 Å². The first-order chi connectivity index (χ1) is 13.7. The minimum Gasteiger partial charge on any atom is -0.340 e. The number of aromatic nitrogens is 5. The second kappa shape index (κ2) is 6.42. The average Bonchev–Trinajstić information content (AvgIpc) is 3.08. The Morgan fingerprint density at radius 2 is 1.75 bits per heavy atom. The molecule has 2 aromatic carbocycles. The van der Waals surface area contributed by atoms with Gasteiger partial charge in [0.25, 0.3) is 0 Å². The molecule has 0 fully saturated rings. The zero-order valence-electron chi connectivity index (χ0n) is 15.6. The number of para-hydroxylation sites is 1. The van der Waals surface area contributed by atoms with Crippen molar-refractivity contribution >= 4 is 33.4 Å². The van der Waals surface area contributed by atoms with Gasteiger partial charge in [-0.15, -0.1) is 0 Å². The maximum absolute atomic E-state index is 4.78. The number of rotatable bonds is 3. The van der Waals surface area contributed by atoms with Crippen molar-refractivity contribution in [3.63, 3.8) is 0 Å². The number of pyridine rings is 1. The average molecular weight is 366 g/mol. The highest BCUT2D eigenvalue weighted by Crippen LogP contribution is 2.28. The molecule has 28 heavy (non-hydrogen) atoms. The predicted molar refractivity (Wildman–Crippen MR) is 112 cm³/mol. The van der Waals surface area contributed by atoms with Crippen LogP contribution in [0.25, 0.3) is 33.5 Å². The summed E-state index contributed by atoms with van der Waals surface area (Å²) in [6.45, 7) is 1.96. The number of anilines is 2. The highest BCUT2D eigenvalue weighted by Gasteiger charge is 2.11. The van der Waals surface area contributed by atoms with Crippen LogP contribution in [0.1, 0.15) is 5.69 Å². The van der Waals surface area contributed by atoms with E-state index in [0.717, 1.165) is 44.8 Å². The fraction of sp³-hybridized carbons (Fsp3) is 0.0909. The van der Waals surface area contributed by atoms with Crippen molar-refractivity contribution < 1.29 is 0 Å². The lowest BCUT2D eigenvalue weighted by Crippen LogP contribution is -2.00. The summed E-state index contributed by atoms with van der Waals surface area (Å²) in [6.07, 6.45) is 1.82. The highest BCUT2D eigenvalue weighted by atomic mass is 15.1. The SMILES string of the molecule is Cc1cccc(-c2nc(Nc3ccc4c(c3)ncn4C)c3ccccc3n2)n1. The Kier molecular flexibility index (Phi) is 3.76. The first-order valence-electron chi connectivity index (χ1n) is 9.06. The van der Waals surface area contributed by atoms with Crippen LogP contribution in [-0.4, -0.2) is 24.5 Å². The predicted octanol–water partition coefficient (Wildman–Crippen LogP) is 4.63. The van der Waals surface area contributed by atoms with Gasteiger partial charge in [0.05, 0.1) is 22.9 Å². The van der Waals surface area contributed by atoms with Crippen molar-refractivity contribution in [1.82, 2.24) is 24.5 Å². The van der Waals surface area contributed by atoms with Gasteiger partial charge >= 0.3 is 0 Å². The van der Waals surface area contributed by atoms with Crippen LogP contribution in [0, 0.1) is 6.92 Å².